The summed E-state index contributed by atoms with van der Waals surface area (Å²) in [7, 11) is 0. The Morgan fingerprint density at radius 3 is 2.79 bits per heavy atom. The molecule has 2 heteroatoms. The van der Waals surface area contributed by atoms with E-state index in [4.69, 9.17) is 4.74 Å². The van der Waals surface area contributed by atoms with Gasteiger partial charge < -0.3 is 4.74 Å². The Bertz CT molecular complexity index is 210. The molecule has 0 radical (unpaired) electrons. The molecule has 0 rings (SSSR count). The van der Waals surface area contributed by atoms with E-state index in [2.05, 4.69) is 19.6 Å². The third-order valence-electron chi connectivity index (χ3n) is 1.58. The van der Waals surface area contributed by atoms with Crippen LogP contribution in [-0.4, -0.2) is 12.6 Å². The average Bonchev–Trinajstić information content (AvgIpc) is 2.11. The minimum absolute atomic E-state index is 0.103. The number of allylic oxidation sites excluding steroid dienone is 1. The quantitative estimate of drug-likeness (QED) is 0.371. The number of carbonyl (C=O) groups is 1. The molecule has 0 atom stereocenters. The zero-order chi connectivity index (χ0) is 10.8. The molecule has 0 bridgehead atoms. The lowest BCUT2D eigenvalue weighted by molar-refractivity contribution is -0.143. The van der Waals surface area contributed by atoms with E-state index in [1.54, 1.807) is 0 Å². The van der Waals surface area contributed by atoms with Crippen LogP contribution in [0.15, 0.2) is 17.9 Å². The predicted octanol–water partition coefficient (Wildman–Crippen LogP) is 3.09. The first-order valence-corrected chi connectivity index (χ1v) is 5.23. The Labute approximate surface area is 86.6 Å². The van der Waals surface area contributed by atoms with Crippen molar-refractivity contribution in [1.29, 1.82) is 0 Å². The molecule has 0 fully saturated rings. The van der Waals surface area contributed by atoms with Crippen LogP contribution in [0.1, 0.15) is 40.0 Å². The number of esters is 1. The van der Waals surface area contributed by atoms with Gasteiger partial charge in [-0.3, -0.25) is 4.79 Å². The minimum atomic E-state index is -0.103. The van der Waals surface area contributed by atoms with E-state index in [0.29, 0.717) is 18.9 Å². The van der Waals surface area contributed by atoms with Gasteiger partial charge in [-0.15, -0.1) is 5.73 Å². The molecule has 0 saturated heterocycles. The summed E-state index contributed by atoms with van der Waals surface area (Å²) in [6, 6.07) is 0. The summed E-state index contributed by atoms with van der Waals surface area (Å²) in [4.78, 5) is 10.9. The van der Waals surface area contributed by atoms with E-state index >= 15 is 0 Å². The summed E-state index contributed by atoms with van der Waals surface area (Å²) < 4.78 is 4.81. The number of rotatable bonds is 6. The van der Waals surface area contributed by atoms with Crippen LogP contribution in [0.4, 0.5) is 0 Å². The van der Waals surface area contributed by atoms with E-state index in [0.717, 1.165) is 12.8 Å². The zero-order valence-electron chi connectivity index (χ0n) is 9.38. The monoisotopic (exact) mass is 196 g/mol. The van der Waals surface area contributed by atoms with Gasteiger partial charge >= 0.3 is 5.97 Å². The van der Waals surface area contributed by atoms with Crippen molar-refractivity contribution in [3.05, 3.63) is 17.9 Å². The van der Waals surface area contributed by atoms with E-state index < -0.39 is 0 Å². The van der Waals surface area contributed by atoms with Crippen LogP contribution in [-0.2, 0) is 9.53 Å². The van der Waals surface area contributed by atoms with E-state index in [1.165, 1.54) is 0 Å². The summed E-state index contributed by atoms with van der Waals surface area (Å²) in [5.41, 5.74) is 3.09. The summed E-state index contributed by atoms with van der Waals surface area (Å²) in [6.07, 6.45) is 6.23. The first-order valence-electron chi connectivity index (χ1n) is 5.23. The van der Waals surface area contributed by atoms with Crippen LogP contribution in [0.5, 0.6) is 0 Å². The molecule has 0 unspecified atom stereocenters. The van der Waals surface area contributed by atoms with Gasteiger partial charge in [0.25, 0.3) is 0 Å². The number of unbranched alkanes of at least 4 members (excludes halogenated alkanes) is 1. The normalized spacial score (nSPS) is 9.43. The van der Waals surface area contributed by atoms with Crippen molar-refractivity contribution in [2.24, 2.45) is 5.92 Å². The van der Waals surface area contributed by atoms with Gasteiger partial charge in [-0.1, -0.05) is 13.8 Å². The highest BCUT2D eigenvalue weighted by molar-refractivity contribution is 5.69. The largest absolute Gasteiger partial charge is 0.466 e. The van der Waals surface area contributed by atoms with E-state index in [9.17, 15) is 4.79 Å². The highest BCUT2D eigenvalue weighted by Gasteiger charge is 1.98. The van der Waals surface area contributed by atoms with Crippen LogP contribution in [0.3, 0.4) is 0 Å². The summed E-state index contributed by atoms with van der Waals surface area (Å²) in [5, 5.41) is 0. The molecule has 14 heavy (non-hydrogen) atoms. The van der Waals surface area contributed by atoms with E-state index in [1.807, 2.05) is 19.1 Å². The smallest absolute Gasteiger partial charge is 0.305 e. The van der Waals surface area contributed by atoms with Crippen molar-refractivity contribution in [3.8, 4) is 0 Å². The second kappa shape index (κ2) is 8.58. The van der Waals surface area contributed by atoms with E-state index in [-0.39, 0.29) is 5.97 Å². The highest BCUT2D eigenvalue weighted by atomic mass is 16.5. The topological polar surface area (TPSA) is 26.3 Å². The number of hydrogen-bond acceptors (Lipinski definition) is 2. The number of ether oxygens (including phenoxy) is 1. The van der Waals surface area contributed by atoms with Crippen LogP contribution in [0.25, 0.3) is 0 Å². The first-order chi connectivity index (χ1) is 6.66. The minimum Gasteiger partial charge on any atom is -0.466 e. The lowest BCUT2D eigenvalue weighted by Crippen LogP contribution is -2.02. The molecule has 0 aliphatic rings. The first kappa shape index (κ1) is 13.0. The van der Waals surface area contributed by atoms with Gasteiger partial charge in [0.2, 0.25) is 0 Å². The van der Waals surface area contributed by atoms with Gasteiger partial charge in [-0.25, -0.2) is 0 Å². The zero-order valence-corrected chi connectivity index (χ0v) is 9.38. The third kappa shape index (κ3) is 9.08. The van der Waals surface area contributed by atoms with Gasteiger partial charge in [-0.2, -0.15) is 0 Å². The Hall–Kier alpha value is -1.01. The average molecular weight is 196 g/mol. The molecular weight excluding hydrogens is 176 g/mol. The molecule has 2 nitrogen and oxygen atoms in total. The fourth-order valence-electron chi connectivity index (χ4n) is 0.925. The third-order valence-corrected chi connectivity index (χ3v) is 1.58. The van der Waals surface area contributed by atoms with Crippen molar-refractivity contribution in [2.45, 2.75) is 40.0 Å². The van der Waals surface area contributed by atoms with Crippen molar-refractivity contribution >= 4 is 5.97 Å². The lowest BCUT2D eigenvalue weighted by atomic mass is 10.2. The summed E-state index contributed by atoms with van der Waals surface area (Å²) >= 11 is 0. The fraction of sp³-hybridized carbons (Fsp3) is 0.667. The molecule has 0 saturated carbocycles. The molecule has 0 aliphatic carbocycles. The Kier molecular flexibility index (Phi) is 7.96. The maximum absolute atomic E-state index is 10.9. The standard InChI is InChI=1S/C12H20O2/c1-4-14-12(13)10-8-6-5-7-9-11(2)3/h5,9,11H,4,6,8,10H2,1-3H3. The number of carbonyl (C=O) groups excluding carboxylic acids is 1. The summed E-state index contributed by atoms with van der Waals surface area (Å²) in [6.45, 7) is 6.52. The summed E-state index contributed by atoms with van der Waals surface area (Å²) in [5.74, 6) is 0.435. The Morgan fingerprint density at radius 1 is 1.50 bits per heavy atom. The molecule has 80 valence electrons. The van der Waals surface area contributed by atoms with Crippen molar-refractivity contribution in [2.75, 3.05) is 6.61 Å². The molecule has 0 aromatic carbocycles. The Balaban J connectivity index is 3.46. The predicted molar refractivity (Wildman–Crippen MR) is 58.0 cm³/mol. The van der Waals surface area contributed by atoms with Crippen molar-refractivity contribution in [3.63, 3.8) is 0 Å². The molecule has 0 heterocycles. The van der Waals surface area contributed by atoms with Crippen LogP contribution < -0.4 is 0 Å². The van der Waals surface area contributed by atoms with Crippen LogP contribution in [0, 0.1) is 5.92 Å². The SMILES string of the molecule is CCOC(=O)CCCC=C=CC(C)C. The van der Waals surface area contributed by atoms with Crippen LogP contribution in [0.2, 0.25) is 0 Å². The van der Waals surface area contributed by atoms with Crippen LogP contribution >= 0.6 is 0 Å². The number of hydrogen-bond donors (Lipinski definition) is 0. The molecule has 0 aliphatic heterocycles. The molecule has 0 aromatic rings. The van der Waals surface area contributed by atoms with Crippen molar-refractivity contribution in [1.82, 2.24) is 0 Å². The lowest BCUT2D eigenvalue weighted by Gasteiger charge is -1.98. The van der Waals surface area contributed by atoms with Gasteiger partial charge in [0.15, 0.2) is 0 Å². The molecule has 0 aromatic heterocycles. The van der Waals surface area contributed by atoms with Gasteiger partial charge in [-0.05, 0) is 37.8 Å². The maximum atomic E-state index is 10.9. The van der Waals surface area contributed by atoms with Gasteiger partial charge in [0.05, 0.1) is 6.61 Å². The maximum Gasteiger partial charge on any atom is 0.305 e. The van der Waals surface area contributed by atoms with Crippen molar-refractivity contribution < 1.29 is 9.53 Å². The molecule has 0 spiro atoms. The second-order valence-corrected chi connectivity index (χ2v) is 3.48. The Morgan fingerprint density at radius 2 is 2.21 bits per heavy atom. The molecule has 0 N–H and O–H groups in total. The van der Waals surface area contributed by atoms with Gasteiger partial charge in [0.1, 0.15) is 0 Å². The molecular formula is C12H20O2. The fourth-order valence-corrected chi connectivity index (χ4v) is 0.925. The highest BCUT2D eigenvalue weighted by Crippen LogP contribution is 1.99. The molecule has 0 amide bonds. The second-order valence-electron chi connectivity index (χ2n) is 3.48. The van der Waals surface area contributed by atoms with Gasteiger partial charge in [0, 0.05) is 6.42 Å².